The number of thiazole rings is 1. The van der Waals surface area contributed by atoms with Crippen LogP contribution in [-0.4, -0.2) is 21.0 Å². The molecular weight excluding hydrogens is 250 g/mol. The van der Waals surface area contributed by atoms with Crippen molar-refractivity contribution in [3.63, 3.8) is 0 Å². The van der Waals surface area contributed by atoms with Gasteiger partial charge in [0.05, 0.1) is 0 Å². The first-order valence-electron chi connectivity index (χ1n) is 5.38. The molecule has 0 aliphatic rings. The van der Waals surface area contributed by atoms with Crippen LogP contribution in [0.25, 0.3) is 0 Å². The summed E-state index contributed by atoms with van der Waals surface area (Å²) in [5.74, 6) is -0.648. The summed E-state index contributed by atoms with van der Waals surface area (Å²) >= 11 is 1.46. The summed E-state index contributed by atoms with van der Waals surface area (Å²) in [6.07, 6.45) is 1.73. The van der Waals surface area contributed by atoms with E-state index in [-0.39, 0.29) is 5.56 Å². The number of carboxylic acid groups (broad SMARTS) is 1. The minimum absolute atomic E-state index is 0.188. The van der Waals surface area contributed by atoms with E-state index in [9.17, 15) is 9.90 Å². The van der Waals surface area contributed by atoms with Crippen LogP contribution in [0.2, 0.25) is 0 Å². The van der Waals surface area contributed by atoms with Gasteiger partial charge in [0.15, 0.2) is 5.13 Å². The topological polar surface area (TPSA) is 75.1 Å². The molecule has 5 nitrogen and oxygen atoms in total. The molecule has 2 rings (SSSR count). The van der Waals surface area contributed by atoms with E-state index in [0.29, 0.717) is 16.5 Å². The minimum atomic E-state index is -0.990. The summed E-state index contributed by atoms with van der Waals surface area (Å²) < 4.78 is 0. The number of rotatable bonds is 3. The molecule has 2 aromatic rings. The van der Waals surface area contributed by atoms with Crippen LogP contribution in [0.4, 0.5) is 10.9 Å². The van der Waals surface area contributed by atoms with Gasteiger partial charge in [-0.05, 0) is 32.4 Å². The Hall–Kier alpha value is -1.95. The van der Waals surface area contributed by atoms with Crippen molar-refractivity contribution in [2.24, 2.45) is 0 Å². The molecule has 18 heavy (non-hydrogen) atoms. The number of pyridine rings is 1. The van der Waals surface area contributed by atoms with Crippen LogP contribution in [0.1, 0.15) is 26.5 Å². The van der Waals surface area contributed by atoms with Gasteiger partial charge in [-0.1, -0.05) is 0 Å². The summed E-state index contributed by atoms with van der Waals surface area (Å²) in [5.41, 5.74) is 1.65. The van der Waals surface area contributed by atoms with Crippen molar-refractivity contribution in [1.82, 2.24) is 9.97 Å². The zero-order chi connectivity index (χ0) is 13.3. The van der Waals surface area contributed by atoms with Crippen LogP contribution in [-0.2, 0) is 0 Å². The zero-order valence-electron chi connectivity index (χ0n) is 10.3. The van der Waals surface area contributed by atoms with Gasteiger partial charge in [0, 0.05) is 16.8 Å². The molecule has 0 aliphatic carbocycles. The van der Waals surface area contributed by atoms with E-state index in [1.54, 1.807) is 19.2 Å². The number of aromatic nitrogens is 2. The summed E-state index contributed by atoms with van der Waals surface area (Å²) in [6, 6.07) is 1.75. The Bertz CT molecular complexity index is 607. The molecule has 94 valence electrons. The maximum absolute atomic E-state index is 11.3. The fourth-order valence-electron chi connectivity index (χ4n) is 1.71. The second-order valence-electron chi connectivity index (χ2n) is 4.01. The van der Waals surface area contributed by atoms with Gasteiger partial charge >= 0.3 is 5.97 Å². The maximum atomic E-state index is 11.3. The fraction of sp³-hybridized carbons (Fsp3) is 0.250. The highest BCUT2D eigenvalue weighted by Gasteiger charge is 2.16. The monoisotopic (exact) mass is 263 g/mol. The highest BCUT2D eigenvalue weighted by Crippen LogP contribution is 2.25. The molecule has 6 heteroatoms. The summed E-state index contributed by atoms with van der Waals surface area (Å²) in [4.78, 5) is 20.7. The van der Waals surface area contributed by atoms with Crippen LogP contribution < -0.4 is 5.32 Å². The van der Waals surface area contributed by atoms with Gasteiger partial charge in [0.25, 0.3) is 0 Å². The van der Waals surface area contributed by atoms with Gasteiger partial charge in [0.2, 0.25) is 0 Å². The van der Waals surface area contributed by atoms with E-state index >= 15 is 0 Å². The molecule has 0 amide bonds. The van der Waals surface area contributed by atoms with E-state index < -0.39 is 5.97 Å². The lowest BCUT2D eigenvalue weighted by atomic mass is 10.1. The maximum Gasteiger partial charge on any atom is 0.339 e. The van der Waals surface area contributed by atoms with Crippen molar-refractivity contribution >= 4 is 28.3 Å². The molecule has 0 aliphatic heterocycles. The quantitative estimate of drug-likeness (QED) is 0.890. The van der Waals surface area contributed by atoms with Crippen LogP contribution >= 0.6 is 11.3 Å². The normalized spacial score (nSPS) is 10.4. The van der Waals surface area contributed by atoms with Crippen LogP contribution in [0.15, 0.2) is 12.3 Å². The van der Waals surface area contributed by atoms with E-state index in [2.05, 4.69) is 15.3 Å². The fourth-order valence-corrected chi connectivity index (χ4v) is 2.37. The van der Waals surface area contributed by atoms with E-state index in [1.165, 1.54) is 11.3 Å². The lowest BCUT2D eigenvalue weighted by Gasteiger charge is -2.09. The third-order valence-electron chi connectivity index (χ3n) is 2.41. The van der Waals surface area contributed by atoms with E-state index in [0.717, 1.165) is 10.6 Å². The number of hydrogen-bond acceptors (Lipinski definition) is 5. The van der Waals surface area contributed by atoms with E-state index in [1.807, 2.05) is 13.8 Å². The predicted molar refractivity (Wildman–Crippen MR) is 70.8 cm³/mol. The number of nitrogens with zero attached hydrogens (tertiary/aromatic N) is 2. The molecule has 2 N–H and O–H groups in total. The Morgan fingerprint density at radius 3 is 2.67 bits per heavy atom. The number of carboxylic acids is 1. The van der Waals surface area contributed by atoms with Crippen molar-refractivity contribution in [2.45, 2.75) is 20.8 Å². The smallest absolute Gasteiger partial charge is 0.339 e. The van der Waals surface area contributed by atoms with Crippen molar-refractivity contribution in [3.8, 4) is 0 Å². The molecule has 0 radical (unpaired) electrons. The van der Waals surface area contributed by atoms with Crippen molar-refractivity contribution in [2.75, 3.05) is 5.32 Å². The lowest BCUT2D eigenvalue weighted by Crippen LogP contribution is -2.08. The minimum Gasteiger partial charge on any atom is -0.478 e. The Morgan fingerprint density at radius 1 is 1.39 bits per heavy atom. The lowest BCUT2D eigenvalue weighted by molar-refractivity contribution is 0.0697. The first-order valence-corrected chi connectivity index (χ1v) is 6.20. The van der Waals surface area contributed by atoms with Crippen molar-refractivity contribution in [1.29, 1.82) is 0 Å². The summed E-state index contributed by atoms with van der Waals surface area (Å²) in [6.45, 7) is 5.53. The molecule has 0 bridgehead atoms. The molecule has 0 saturated carbocycles. The Labute approximate surface area is 109 Å². The second kappa shape index (κ2) is 4.73. The first-order chi connectivity index (χ1) is 8.47. The van der Waals surface area contributed by atoms with Gasteiger partial charge in [-0.25, -0.2) is 14.8 Å². The Balaban J connectivity index is 2.45. The van der Waals surface area contributed by atoms with Gasteiger partial charge in [0.1, 0.15) is 11.4 Å². The van der Waals surface area contributed by atoms with Crippen LogP contribution in [0, 0.1) is 20.8 Å². The molecular formula is C12H13N3O2S. The number of hydrogen-bond donors (Lipinski definition) is 2. The predicted octanol–water partition coefficient (Wildman–Crippen LogP) is 2.91. The summed E-state index contributed by atoms with van der Waals surface area (Å²) in [5, 5.41) is 12.8. The van der Waals surface area contributed by atoms with Crippen LogP contribution in [0.3, 0.4) is 0 Å². The summed E-state index contributed by atoms with van der Waals surface area (Å²) in [7, 11) is 0. The van der Waals surface area contributed by atoms with Gasteiger partial charge < -0.3 is 10.4 Å². The average Bonchev–Trinajstić information content (AvgIpc) is 2.62. The number of nitrogens with one attached hydrogen (secondary N) is 1. The van der Waals surface area contributed by atoms with Gasteiger partial charge in [-0.2, -0.15) is 0 Å². The van der Waals surface area contributed by atoms with Gasteiger partial charge in [-0.15, -0.1) is 11.3 Å². The highest BCUT2D eigenvalue weighted by molar-refractivity contribution is 7.15. The molecule has 0 aromatic carbocycles. The Morgan fingerprint density at radius 2 is 2.11 bits per heavy atom. The number of anilines is 2. The van der Waals surface area contributed by atoms with E-state index in [4.69, 9.17) is 0 Å². The molecule has 2 aromatic heterocycles. The highest BCUT2D eigenvalue weighted by atomic mass is 32.1. The van der Waals surface area contributed by atoms with Gasteiger partial charge in [-0.3, -0.25) is 0 Å². The second-order valence-corrected chi connectivity index (χ2v) is 5.25. The average molecular weight is 263 g/mol. The molecule has 0 fully saturated rings. The van der Waals surface area contributed by atoms with Crippen molar-refractivity contribution < 1.29 is 9.90 Å². The number of carbonyl (C=O) groups is 1. The largest absolute Gasteiger partial charge is 0.478 e. The molecule has 2 heterocycles. The molecule has 0 spiro atoms. The third kappa shape index (κ3) is 2.48. The number of aromatic carboxylic acids is 1. The van der Waals surface area contributed by atoms with Crippen LogP contribution in [0.5, 0.6) is 0 Å². The molecule has 0 unspecified atom stereocenters. The van der Waals surface area contributed by atoms with Crippen molar-refractivity contribution in [3.05, 3.63) is 34.0 Å². The third-order valence-corrected chi connectivity index (χ3v) is 3.23. The molecule has 0 atom stereocenters. The Kier molecular flexibility index (Phi) is 3.29. The SMILES string of the molecule is Cc1cc(C)c(C(=O)O)c(Nc2ncc(C)s2)n1. The number of aryl methyl sites for hydroxylation is 3. The zero-order valence-corrected chi connectivity index (χ0v) is 11.1. The molecule has 0 saturated heterocycles. The first kappa shape index (κ1) is 12.5. The standard InChI is InChI=1S/C12H13N3O2S/c1-6-4-7(2)14-10(9(6)11(16)17)15-12-13-5-8(3)18-12/h4-5H,1-3H3,(H,16,17)(H,13,14,15).